The Morgan fingerprint density at radius 1 is 1.00 bits per heavy atom. The Kier molecular flexibility index (Phi) is 10.3. The number of rotatable bonds is 12. The average Bonchev–Trinajstić information content (AvgIpc) is 2.86. The number of aliphatic hydroxyl groups excluding tert-OH is 1. The predicted octanol–water partition coefficient (Wildman–Crippen LogP) is 4.03. The molecule has 0 bridgehead atoms. The fourth-order valence-corrected chi connectivity index (χ4v) is 4.69. The number of anilines is 1. The summed E-state index contributed by atoms with van der Waals surface area (Å²) in [5.74, 6) is -1.75. The van der Waals surface area contributed by atoms with Crippen LogP contribution in [0.3, 0.4) is 0 Å². The summed E-state index contributed by atoms with van der Waals surface area (Å²) in [4.78, 5) is 12.4. The molecule has 0 saturated carbocycles. The molecule has 0 spiro atoms. The number of hydrogen-bond acceptors (Lipinski definition) is 6. The molecule has 0 aromatic heterocycles. The van der Waals surface area contributed by atoms with Gasteiger partial charge in [0.15, 0.2) is 0 Å². The Morgan fingerprint density at radius 2 is 1.71 bits per heavy atom. The van der Waals surface area contributed by atoms with E-state index >= 15 is 0 Å². The minimum absolute atomic E-state index is 0.00306. The molecule has 0 aliphatic rings. The van der Waals surface area contributed by atoms with E-state index < -0.39 is 39.6 Å². The molecule has 0 radical (unpaired) electrons. The Bertz CT molecular complexity index is 1480. The van der Waals surface area contributed by atoms with E-state index in [1.54, 1.807) is 12.1 Å². The molecule has 41 heavy (non-hydrogen) atoms. The van der Waals surface area contributed by atoms with E-state index in [4.69, 9.17) is 0 Å². The first-order valence-corrected chi connectivity index (χ1v) is 14.4. The fourth-order valence-electron chi connectivity index (χ4n) is 4.13. The van der Waals surface area contributed by atoms with Crippen LogP contribution >= 0.6 is 0 Å². The van der Waals surface area contributed by atoms with Crippen LogP contribution in [0.1, 0.15) is 40.8 Å². The van der Waals surface area contributed by atoms with Gasteiger partial charge in [0.2, 0.25) is 15.9 Å². The highest BCUT2D eigenvalue weighted by molar-refractivity contribution is 7.92. The van der Waals surface area contributed by atoms with Gasteiger partial charge in [-0.05, 0) is 65.9 Å². The summed E-state index contributed by atoms with van der Waals surface area (Å²) >= 11 is 0. The zero-order chi connectivity index (χ0) is 30.4. The molecule has 0 fully saturated rings. The third-order valence-corrected chi connectivity index (χ3v) is 6.62. The smallest absolute Gasteiger partial charge is 0.416 e. The molecular weight excluding hydrogens is 566 g/mol. The second-order valence-corrected chi connectivity index (χ2v) is 11.5. The lowest BCUT2D eigenvalue weighted by atomic mass is 10.0. The van der Waals surface area contributed by atoms with Crippen LogP contribution in [0.4, 0.5) is 23.2 Å². The van der Waals surface area contributed by atoms with Crippen LogP contribution in [0.2, 0.25) is 0 Å². The summed E-state index contributed by atoms with van der Waals surface area (Å²) in [5.41, 5.74) is 0.805. The SMILES string of the molecule is C[C@H](Cc1cccc(CC(=O)NCc2cc(F)cc(C(F)(F)F)c2)c1)NC[C@H](O)c1ccc(O)c(NS(C)(=O)=O)c1. The monoisotopic (exact) mass is 597 g/mol. The van der Waals surface area contributed by atoms with Gasteiger partial charge in [0.05, 0.1) is 30.0 Å². The first-order chi connectivity index (χ1) is 19.1. The van der Waals surface area contributed by atoms with Gasteiger partial charge in [0.25, 0.3) is 0 Å². The van der Waals surface area contributed by atoms with Gasteiger partial charge in [-0.15, -0.1) is 0 Å². The number of aliphatic hydroxyl groups is 1. The van der Waals surface area contributed by atoms with E-state index in [0.29, 0.717) is 23.6 Å². The van der Waals surface area contributed by atoms with E-state index in [1.807, 2.05) is 19.1 Å². The van der Waals surface area contributed by atoms with Crippen molar-refractivity contribution in [1.29, 1.82) is 0 Å². The van der Waals surface area contributed by atoms with Gasteiger partial charge in [0, 0.05) is 19.1 Å². The number of sulfonamides is 1. The lowest BCUT2D eigenvalue weighted by Crippen LogP contribution is -2.32. The molecular formula is C28H31F4N3O5S. The first kappa shape index (κ1) is 31.8. The molecule has 3 rings (SSSR count). The maximum Gasteiger partial charge on any atom is 0.416 e. The van der Waals surface area contributed by atoms with Crippen molar-refractivity contribution in [2.45, 2.75) is 44.6 Å². The van der Waals surface area contributed by atoms with E-state index in [0.717, 1.165) is 24.0 Å². The van der Waals surface area contributed by atoms with Crippen LogP contribution in [0.25, 0.3) is 0 Å². The summed E-state index contributed by atoms with van der Waals surface area (Å²) in [5, 5.41) is 26.1. The van der Waals surface area contributed by atoms with Crippen LogP contribution in [0.15, 0.2) is 60.7 Å². The molecule has 8 nitrogen and oxygen atoms in total. The molecule has 3 aromatic rings. The zero-order valence-electron chi connectivity index (χ0n) is 22.3. The summed E-state index contributed by atoms with van der Waals surface area (Å²) in [6, 6.07) is 13.4. The van der Waals surface area contributed by atoms with Gasteiger partial charge in [-0.3, -0.25) is 9.52 Å². The quantitative estimate of drug-likeness (QED) is 0.159. The Balaban J connectivity index is 1.52. The lowest BCUT2D eigenvalue weighted by molar-refractivity contribution is -0.137. The Hall–Kier alpha value is -3.68. The van der Waals surface area contributed by atoms with Crippen molar-refractivity contribution in [2.24, 2.45) is 0 Å². The fraction of sp³-hybridized carbons (Fsp3) is 0.321. The van der Waals surface area contributed by atoms with Crippen molar-refractivity contribution in [3.8, 4) is 5.75 Å². The van der Waals surface area contributed by atoms with Crippen molar-refractivity contribution in [3.63, 3.8) is 0 Å². The van der Waals surface area contributed by atoms with Gasteiger partial charge in [-0.1, -0.05) is 30.3 Å². The summed E-state index contributed by atoms with van der Waals surface area (Å²) < 4.78 is 77.5. The van der Waals surface area contributed by atoms with Gasteiger partial charge >= 0.3 is 6.18 Å². The van der Waals surface area contributed by atoms with Gasteiger partial charge in [-0.2, -0.15) is 13.2 Å². The molecule has 0 aliphatic carbocycles. The number of alkyl halides is 3. The predicted molar refractivity (Wildman–Crippen MR) is 146 cm³/mol. The van der Waals surface area contributed by atoms with Crippen LogP contribution in [-0.2, 0) is 40.4 Å². The normalized spacial score (nSPS) is 13.4. The zero-order valence-corrected chi connectivity index (χ0v) is 23.1. The molecule has 0 unspecified atom stereocenters. The van der Waals surface area contributed by atoms with Crippen molar-refractivity contribution in [2.75, 3.05) is 17.5 Å². The van der Waals surface area contributed by atoms with E-state index in [2.05, 4.69) is 15.4 Å². The number of amides is 1. The van der Waals surface area contributed by atoms with E-state index in [1.165, 1.54) is 18.2 Å². The number of carbonyl (C=O) groups excluding carboxylic acids is 1. The van der Waals surface area contributed by atoms with Crippen LogP contribution in [0.5, 0.6) is 5.75 Å². The molecule has 0 heterocycles. The molecule has 1 amide bonds. The number of benzene rings is 3. The topological polar surface area (TPSA) is 128 Å². The van der Waals surface area contributed by atoms with Gasteiger partial charge in [0.1, 0.15) is 11.6 Å². The number of hydrogen-bond donors (Lipinski definition) is 5. The average molecular weight is 598 g/mol. The third kappa shape index (κ3) is 10.3. The van der Waals surface area contributed by atoms with Gasteiger partial charge < -0.3 is 20.8 Å². The number of halogens is 4. The number of phenolic OH excluding ortho intramolecular Hbond substituents is 1. The maximum atomic E-state index is 13.6. The van der Waals surface area contributed by atoms with Crippen LogP contribution in [0, 0.1) is 5.82 Å². The second-order valence-electron chi connectivity index (χ2n) is 9.80. The van der Waals surface area contributed by atoms with Crippen molar-refractivity contribution < 1.29 is 41.0 Å². The van der Waals surface area contributed by atoms with E-state index in [9.17, 15) is 41.0 Å². The van der Waals surface area contributed by atoms with Crippen molar-refractivity contribution in [1.82, 2.24) is 10.6 Å². The molecule has 5 N–H and O–H groups in total. The first-order valence-electron chi connectivity index (χ1n) is 12.5. The molecule has 13 heteroatoms. The van der Waals surface area contributed by atoms with Crippen molar-refractivity contribution >= 4 is 21.6 Å². The summed E-state index contributed by atoms with van der Waals surface area (Å²) in [6.45, 7) is 1.78. The minimum atomic E-state index is -4.70. The largest absolute Gasteiger partial charge is 0.506 e. The maximum absolute atomic E-state index is 13.6. The van der Waals surface area contributed by atoms with Crippen LogP contribution < -0.4 is 15.4 Å². The molecule has 2 atom stereocenters. The van der Waals surface area contributed by atoms with Crippen LogP contribution in [-0.4, -0.2) is 43.4 Å². The number of nitrogens with one attached hydrogen (secondary N) is 3. The summed E-state index contributed by atoms with van der Waals surface area (Å²) in [7, 11) is -3.62. The second kappa shape index (κ2) is 13.3. The standard InChI is InChI=1S/C28H31F4N3O5S/c1-17(33-16-26(37)21-6-7-25(36)24(13-21)35-41(2,39)40)8-18-4-3-5-19(9-18)12-27(38)34-15-20-10-22(28(30,31)32)14-23(29)11-20/h3-7,9-11,13-14,17,26,33,35-37H,8,12,15-16H2,1-2H3,(H,34,38)/t17-,26+/m1/s1. The minimum Gasteiger partial charge on any atom is -0.506 e. The molecule has 3 aromatic carbocycles. The van der Waals surface area contributed by atoms with E-state index in [-0.39, 0.29) is 42.6 Å². The summed E-state index contributed by atoms with van der Waals surface area (Å²) in [6.07, 6.45) is -4.22. The lowest BCUT2D eigenvalue weighted by Gasteiger charge is -2.19. The Labute approximate surface area is 235 Å². The molecule has 0 saturated heterocycles. The van der Waals surface area contributed by atoms with Crippen molar-refractivity contribution in [3.05, 3.63) is 94.3 Å². The Morgan fingerprint density at radius 3 is 2.39 bits per heavy atom. The number of phenols is 1. The van der Waals surface area contributed by atoms with Gasteiger partial charge in [-0.25, -0.2) is 12.8 Å². The highest BCUT2D eigenvalue weighted by atomic mass is 32.2. The highest BCUT2D eigenvalue weighted by Crippen LogP contribution is 2.30. The number of carbonyl (C=O) groups is 1. The molecule has 222 valence electrons. The number of aromatic hydroxyl groups is 1. The molecule has 0 aliphatic heterocycles. The third-order valence-electron chi connectivity index (χ3n) is 6.03. The highest BCUT2D eigenvalue weighted by Gasteiger charge is 2.31.